The van der Waals surface area contributed by atoms with Crippen LogP contribution in [0.15, 0.2) is 34.8 Å². The van der Waals surface area contributed by atoms with Gasteiger partial charge in [-0.25, -0.2) is 4.39 Å². The Labute approximate surface area is 155 Å². The molecule has 21 heavy (non-hydrogen) atoms. The minimum absolute atomic E-state index is 0.296. The number of nitrogens with one attached hydrogen (secondary N) is 1. The summed E-state index contributed by atoms with van der Waals surface area (Å²) >= 11 is 17.7. The molecular formula is C15H12BrCl2FIN. The van der Waals surface area contributed by atoms with Crippen molar-refractivity contribution in [3.05, 3.63) is 65.4 Å². The fourth-order valence-electron chi connectivity index (χ4n) is 2.06. The lowest BCUT2D eigenvalue weighted by molar-refractivity contribution is 0.558. The first-order valence-corrected chi connectivity index (χ1v) is 8.89. The lowest BCUT2D eigenvalue weighted by atomic mass is 9.98. The van der Waals surface area contributed by atoms with E-state index in [4.69, 9.17) is 23.2 Å². The van der Waals surface area contributed by atoms with E-state index in [0.29, 0.717) is 26.6 Å². The van der Waals surface area contributed by atoms with Gasteiger partial charge in [0.15, 0.2) is 0 Å². The predicted octanol–water partition coefficient (Wildman–Crippen LogP) is 6.20. The van der Waals surface area contributed by atoms with Gasteiger partial charge < -0.3 is 5.32 Å². The fraction of sp³-hybridized carbons (Fsp3) is 0.200. The van der Waals surface area contributed by atoms with Gasteiger partial charge in [-0.1, -0.05) is 36.2 Å². The van der Waals surface area contributed by atoms with Crippen LogP contribution < -0.4 is 5.32 Å². The molecule has 0 aliphatic carbocycles. The molecule has 0 aliphatic rings. The monoisotopic (exact) mass is 501 g/mol. The van der Waals surface area contributed by atoms with E-state index in [1.165, 1.54) is 6.07 Å². The van der Waals surface area contributed by atoms with Gasteiger partial charge in [-0.15, -0.1) is 0 Å². The molecule has 2 aromatic rings. The summed E-state index contributed by atoms with van der Waals surface area (Å²) in [6.07, 6.45) is 0. The highest BCUT2D eigenvalue weighted by atomic mass is 127. The molecule has 0 amide bonds. The van der Waals surface area contributed by atoms with Crippen molar-refractivity contribution < 1.29 is 4.39 Å². The Morgan fingerprint density at radius 3 is 2.57 bits per heavy atom. The summed E-state index contributed by atoms with van der Waals surface area (Å²) in [4.78, 5) is 0. The summed E-state index contributed by atoms with van der Waals surface area (Å²) in [6, 6.07) is 8.44. The van der Waals surface area contributed by atoms with Crippen LogP contribution in [0.4, 0.5) is 4.39 Å². The van der Waals surface area contributed by atoms with Crippen LogP contribution in [-0.2, 0) is 0 Å². The highest BCUT2D eigenvalue weighted by molar-refractivity contribution is 14.1. The first-order valence-electron chi connectivity index (χ1n) is 6.26. The zero-order valence-electron chi connectivity index (χ0n) is 11.1. The smallest absolute Gasteiger partial charge is 0.129 e. The van der Waals surface area contributed by atoms with Crippen molar-refractivity contribution >= 4 is 61.7 Å². The fourth-order valence-corrected chi connectivity index (χ4v) is 3.07. The second-order valence-corrected chi connectivity index (χ2v) is 7.28. The first-order chi connectivity index (χ1) is 9.93. The maximum atomic E-state index is 14.3. The second kappa shape index (κ2) is 7.59. The standard InChI is InChI=1S/C15H12BrCl2FIN/c1-2-21-15(8-3-4-14(20)12(18)5-8)9-6-11(17)10(16)7-13(9)19/h3-7,15,21H,2H2,1H3. The van der Waals surface area contributed by atoms with Gasteiger partial charge in [-0.2, -0.15) is 0 Å². The van der Waals surface area contributed by atoms with E-state index in [1.54, 1.807) is 6.07 Å². The molecule has 112 valence electrons. The van der Waals surface area contributed by atoms with Crippen LogP contribution in [0.5, 0.6) is 0 Å². The molecule has 2 rings (SSSR count). The van der Waals surface area contributed by atoms with Crippen molar-refractivity contribution in [1.82, 2.24) is 5.32 Å². The van der Waals surface area contributed by atoms with E-state index in [-0.39, 0.29) is 11.9 Å². The molecule has 6 heteroatoms. The highest BCUT2D eigenvalue weighted by Crippen LogP contribution is 2.33. The Morgan fingerprint density at radius 2 is 1.95 bits per heavy atom. The molecule has 1 atom stereocenters. The summed E-state index contributed by atoms with van der Waals surface area (Å²) < 4.78 is 15.8. The number of rotatable bonds is 4. The Kier molecular flexibility index (Phi) is 6.32. The normalized spacial score (nSPS) is 12.5. The van der Waals surface area contributed by atoms with Crippen molar-refractivity contribution in [2.45, 2.75) is 13.0 Å². The van der Waals surface area contributed by atoms with Gasteiger partial charge in [0, 0.05) is 13.6 Å². The van der Waals surface area contributed by atoms with Crippen LogP contribution in [-0.4, -0.2) is 6.54 Å². The third-order valence-corrected chi connectivity index (χ3v) is 5.81. The number of halogens is 5. The number of benzene rings is 2. The van der Waals surface area contributed by atoms with Crippen molar-refractivity contribution in [2.24, 2.45) is 0 Å². The van der Waals surface area contributed by atoms with Crippen molar-refractivity contribution in [3.63, 3.8) is 0 Å². The predicted molar refractivity (Wildman–Crippen MR) is 98.8 cm³/mol. The van der Waals surface area contributed by atoms with Crippen LogP contribution >= 0.6 is 61.7 Å². The molecule has 0 radical (unpaired) electrons. The van der Waals surface area contributed by atoms with Gasteiger partial charge in [-0.3, -0.25) is 0 Å². The van der Waals surface area contributed by atoms with Gasteiger partial charge >= 0.3 is 0 Å². The van der Waals surface area contributed by atoms with Gasteiger partial charge in [0.1, 0.15) is 5.82 Å². The minimum atomic E-state index is -0.313. The summed E-state index contributed by atoms with van der Waals surface area (Å²) in [5, 5.41) is 4.40. The van der Waals surface area contributed by atoms with E-state index < -0.39 is 0 Å². The Bertz CT molecular complexity index is 666. The molecular weight excluding hydrogens is 491 g/mol. The topological polar surface area (TPSA) is 12.0 Å². The molecule has 2 aromatic carbocycles. The van der Waals surface area contributed by atoms with Gasteiger partial charge in [0.2, 0.25) is 0 Å². The number of hydrogen-bond donors (Lipinski definition) is 1. The molecule has 1 nitrogen and oxygen atoms in total. The molecule has 1 N–H and O–H groups in total. The minimum Gasteiger partial charge on any atom is -0.306 e. The summed E-state index contributed by atoms with van der Waals surface area (Å²) in [5.41, 5.74) is 1.40. The maximum absolute atomic E-state index is 14.3. The third kappa shape index (κ3) is 4.10. The van der Waals surface area contributed by atoms with E-state index in [1.807, 2.05) is 25.1 Å². The van der Waals surface area contributed by atoms with E-state index in [2.05, 4.69) is 43.8 Å². The molecule has 0 heterocycles. The maximum Gasteiger partial charge on any atom is 0.129 e. The Morgan fingerprint density at radius 1 is 1.24 bits per heavy atom. The van der Waals surface area contributed by atoms with Gasteiger partial charge in [0.05, 0.1) is 16.1 Å². The van der Waals surface area contributed by atoms with E-state index >= 15 is 0 Å². The first kappa shape index (κ1) is 17.5. The molecule has 0 fully saturated rings. The molecule has 0 bridgehead atoms. The van der Waals surface area contributed by atoms with E-state index in [9.17, 15) is 4.39 Å². The quantitative estimate of drug-likeness (QED) is 0.388. The van der Waals surface area contributed by atoms with Crippen molar-refractivity contribution in [1.29, 1.82) is 0 Å². The molecule has 0 spiro atoms. The highest BCUT2D eigenvalue weighted by Gasteiger charge is 2.19. The van der Waals surface area contributed by atoms with Gasteiger partial charge in [0.25, 0.3) is 0 Å². The van der Waals surface area contributed by atoms with Gasteiger partial charge in [-0.05, 0) is 74.9 Å². The third-order valence-electron chi connectivity index (χ3n) is 3.04. The average molecular weight is 503 g/mol. The van der Waals surface area contributed by atoms with Crippen LogP contribution in [0.3, 0.4) is 0 Å². The average Bonchev–Trinajstić information content (AvgIpc) is 2.44. The second-order valence-electron chi connectivity index (χ2n) is 4.45. The van der Waals surface area contributed by atoms with E-state index in [0.717, 1.165) is 9.13 Å². The molecule has 0 aliphatic heterocycles. The van der Waals surface area contributed by atoms with Crippen molar-refractivity contribution in [2.75, 3.05) is 6.54 Å². The van der Waals surface area contributed by atoms with Crippen molar-refractivity contribution in [3.8, 4) is 0 Å². The SMILES string of the molecule is CCNC(c1ccc(I)c(Cl)c1)c1cc(Cl)c(Br)cc1F. The van der Waals surface area contributed by atoms with Crippen LogP contribution in [0, 0.1) is 9.39 Å². The molecule has 0 saturated heterocycles. The lowest BCUT2D eigenvalue weighted by Gasteiger charge is -2.20. The van der Waals surface area contributed by atoms with Crippen LogP contribution in [0.25, 0.3) is 0 Å². The molecule has 0 saturated carbocycles. The van der Waals surface area contributed by atoms with Crippen LogP contribution in [0.2, 0.25) is 10.0 Å². The zero-order chi connectivity index (χ0) is 15.6. The zero-order valence-corrected chi connectivity index (χ0v) is 16.3. The summed E-state index contributed by atoms with van der Waals surface area (Å²) in [7, 11) is 0. The summed E-state index contributed by atoms with van der Waals surface area (Å²) in [6.45, 7) is 2.67. The molecule has 0 aromatic heterocycles. The number of hydrogen-bond acceptors (Lipinski definition) is 1. The van der Waals surface area contributed by atoms with Crippen LogP contribution in [0.1, 0.15) is 24.1 Å². The Balaban J connectivity index is 2.52. The Hall–Kier alpha value is 0.120. The lowest BCUT2D eigenvalue weighted by Crippen LogP contribution is -2.23. The molecule has 1 unspecified atom stereocenters. The largest absolute Gasteiger partial charge is 0.306 e. The summed E-state index contributed by atoms with van der Waals surface area (Å²) in [5.74, 6) is -0.313.